The Morgan fingerprint density at radius 2 is 2.10 bits per heavy atom. The normalized spacial score (nSPS) is 26.7. The predicted molar refractivity (Wildman–Crippen MR) is 79.7 cm³/mol. The van der Waals surface area contributed by atoms with E-state index in [0.29, 0.717) is 6.04 Å². The fraction of sp³-hybridized carbons (Fsp3) is 0.647. The number of hydrogen-bond donors (Lipinski definition) is 1. The molecule has 4 heteroatoms. The highest BCUT2D eigenvalue weighted by Crippen LogP contribution is 2.35. The van der Waals surface area contributed by atoms with E-state index >= 15 is 0 Å². The van der Waals surface area contributed by atoms with Gasteiger partial charge >= 0.3 is 0 Å². The smallest absolute Gasteiger partial charge is 0.123 e. The number of hydrogen-bond acceptors (Lipinski definition) is 3. The summed E-state index contributed by atoms with van der Waals surface area (Å²) in [5.74, 6) is -0.172. The molecule has 0 amide bonds. The fourth-order valence-electron chi connectivity index (χ4n) is 3.49. The number of benzene rings is 1. The molecule has 3 rings (SSSR count). The van der Waals surface area contributed by atoms with Crippen LogP contribution in [0.4, 0.5) is 4.39 Å². The molecule has 1 N–H and O–H groups in total. The van der Waals surface area contributed by atoms with E-state index in [0.717, 1.165) is 51.1 Å². The summed E-state index contributed by atoms with van der Waals surface area (Å²) in [4.78, 5) is 0. The molecule has 21 heavy (non-hydrogen) atoms. The SMILES string of the molecule is C[C@@H](NC1CCOC2(CCOCC2)C1)c1cccc(F)c1. The lowest BCUT2D eigenvalue weighted by Gasteiger charge is -2.44. The molecular formula is C17H24FNO2. The molecule has 3 nitrogen and oxygen atoms in total. The molecule has 0 radical (unpaired) electrons. The average Bonchev–Trinajstić information content (AvgIpc) is 2.48. The van der Waals surface area contributed by atoms with Crippen molar-refractivity contribution in [1.29, 1.82) is 0 Å². The van der Waals surface area contributed by atoms with E-state index in [1.165, 1.54) is 6.07 Å². The third-order valence-electron chi connectivity index (χ3n) is 4.73. The third kappa shape index (κ3) is 3.62. The van der Waals surface area contributed by atoms with Crippen LogP contribution in [0.5, 0.6) is 0 Å². The van der Waals surface area contributed by atoms with Crippen molar-refractivity contribution in [3.8, 4) is 0 Å². The van der Waals surface area contributed by atoms with E-state index in [1.807, 2.05) is 6.07 Å². The average molecular weight is 293 g/mol. The Morgan fingerprint density at radius 1 is 1.29 bits per heavy atom. The number of halogens is 1. The van der Waals surface area contributed by atoms with E-state index in [4.69, 9.17) is 9.47 Å². The third-order valence-corrected chi connectivity index (χ3v) is 4.73. The Balaban J connectivity index is 1.61. The highest BCUT2D eigenvalue weighted by molar-refractivity contribution is 5.19. The molecule has 116 valence electrons. The fourth-order valence-corrected chi connectivity index (χ4v) is 3.49. The van der Waals surface area contributed by atoms with Crippen molar-refractivity contribution in [2.24, 2.45) is 0 Å². The van der Waals surface area contributed by atoms with Crippen LogP contribution in [0.1, 0.15) is 44.2 Å². The minimum absolute atomic E-state index is 0.00414. The van der Waals surface area contributed by atoms with Gasteiger partial charge in [-0.15, -0.1) is 0 Å². The van der Waals surface area contributed by atoms with Gasteiger partial charge in [0.2, 0.25) is 0 Å². The molecule has 1 aromatic carbocycles. The number of ether oxygens (including phenoxy) is 2. The Labute approximate surface area is 125 Å². The molecule has 0 saturated carbocycles. The number of nitrogens with one attached hydrogen (secondary N) is 1. The summed E-state index contributed by atoms with van der Waals surface area (Å²) < 4.78 is 24.8. The van der Waals surface area contributed by atoms with Gasteiger partial charge in [-0.1, -0.05) is 12.1 Å². The van der Waals surface area contributed by atoms with Gasteiger partial charge in [0, 0.05) is 31.9 Å². The second-order valence-corrected chi connectivity index (χ2v) is 6.28. The Bertz CT molecular complexity index is 468. The van der Waals surface area contributed by atoms with Crippen molar-refractivity contribution in [1.82, 2.24) is 5.32 Å². The second kappa shape index (κ2) is 6.42. The van der Waals surface area contributed by atoms with Crippen molar-refractivity contribution in [2.75, 3.05) is 19.8 Å². The van der Waals surface area contributed by atoms with Gasteiger partial charge in [0.15, 0.2) is 0 Å². The minimum atomic E-state index is -0.172. The highest BCUT2D eigenvalue weighted by Gasteiger charge is 2.39. The molecule has 2 aliphatic heterocycles. The summed E-state index contributed by atoms with van der Waals surface area (Å²) in [6.45, 7) is 4.49. The Kier molecular flexibility index (Phi) is 4.57. The number of rotatable bonds is 3. The van der Waals surface area contributed by atoms with Crippen molar-refractivity contribution in [3.63, 3.8) is 0 Å². The molecule has 2 saturated heterocycles. The van der Waals surface area contributed by atoms with Gasteiger partial charge in [-0.05, 0) is 50.3 Å². The maximum atomic E-state index is 13.3. The van der Waals surface area contributed by atoms with Crippen LogP contribution in [0, 0.1) is 5.82 Å². The maximum Gasteiger partial charge on any atom is 0.123 e. The first kappa shape index (κ1) is 14.9. The van der Waals surface area contributed by atoms with E-state index in [-0.39, 0.29) is 17.5 Å². The van der Waals surface area contributed by atoms with Gasteiger partial charge in [0.25, 0.3) is 0 Å². The van der Waals surface area contributed by atoms with Crippen molar-refractivity contribution in [3.05, 3.63) is 35.6 Å². The van der Waals surface area contributed by atoms with Gasteiger partial charge in [-0.25, -0.2) is 4.39 Å². The maximum absolute atomic E-state index is 13.3. The topological polar surface area (TPSA) is 30.5 Å². The molecule has 2 heterocycles. The van der Waals surface area contributed by atoms with Crippen LogP contribution in [0.25, 0.3) is 0 Å². The lowest BCUT2D eigenvalue weighted by molar-refractivity contribution is -0.140. The van der Waals surface area contributed by atoms with E-state index in [9.17, 15) is 4.39 Å². The van der Waals surface area contributed by atoms with Crippen LogP contribution in [0.2, 0.25) is 0 Å². The highest BCUT2D eigenvalue weighted by atomic mass is 19.1. The second-order valence-electron chi connectivity index (χ2n) is 6.28. The van der Waals surface area contributed by atoms with Crippen LogP contribution in [-0.2, 0) is 9.47 Å². The van der Waals surface area contributed by atoms with Gasteiger partial charge in [-0.3, -0.25) is 0 Å². The quantitative estimate of drug-likeness (QED) is 0.928. The lowest BCUT2D eigenvalue weighted by Crippen LogP contribution is -2.50. The van der Waals surface area contributed by atoms with Crippen molar-refractivity contribution in [2.45, 2.75) is 50.3 Å². The summed E-state index contributed by atoms with van der Waals surface area (Å²) in [6.07, 6.45) is 4.01. The first-order chi connectivity index (χ1) is 10.2. The summed E-state index contributed by atoms with van der Waals surface area (Å²) >= 11 is 0. The lowest BCUT2D eigenvalue weighted by atomic mass is 9.83. The summed E-state index contributed by atoms with van der Waals surface area (Å²) in [5.41, 5.74) is 0.998. The molecule has 2 aliphatic rings. The van der Waals surface area contributed by atoms with Gasteiger partial charge in [-0.2, -0.15) is 0 Å². The monoisotopic (exact) mass is 293 g/mol. The van der Waals surface area contributed by atoms with E-state index < -0.39 is 0 Å². The molecule has 1 aromatic rings. The van der Waals surface area contributed by atoms with Gasteiger partial charge in [0.05, 0.1) is 5.60 Å². The largest absolute Gasteiger partial charge is 0.381 e. The molecule has 0 aliphatic carbocycles. The molecule has 2 atom stereocenters. The van der Waals surface area contributed by atoms with Crippen molar-refractivity contribution < 1.29 is 13.9 Å². The zero-order valence-corrected chi connectivity index (χ0v) is 12.6. The molecule has 1 unspecified atom stereocenters. The van der Waals surface area contributed by atoms with Gasteiger partial charge < -0.3 is 14.8 Å². The zero-order chi connectivity index (χ0) is 14.7. The summed E-state index contributed by atoms with van der Waals surface area (Å²) in [5, 5.41) is 3.65. The first-order valence-electron chi connectivity index (χ1n) is 7.90. The molecule has 2 fully saturated rings. The first-order valence-corrected chi connectivity index (χ1v) is 7.90. The molecular weight excluding hydrogens is 269 g/mol. The summed E-state index contributed by atoms with van der Waals surface area (Å²) in [6, 6.07) is 7.43. The van der Waals surface area contributed by atoms with E-state index in [1.54, 1.807) is 12.1 Å². The Morgan fingerprint density at radius 3 is 2.86 bits per heavy atom. The predicted octanol–water partition coefficient (Wildman–Crippen LogP) is 3.20. The standard InChI is InChI=1S/C17H24FNO2/c1-13(14-3-2-4-15(18)11-14)19-16-5-8-21-17(12-16)6-9-20-10-7-17/h2-4,11,13,16,19H,5-10,12H2,1H3/t13-,16?/m1/s1. The molecule has 1 spiro atoms. The van der Waals surface area contributed by atoms with Crippen LogP contribution < -0.4 is 5.32 Å². The Hall–Kier alpha value is -0.970. The molecule has 0 aromatic heterocycles. The zero-order valence-electron chi connectivity index (χ0n) is 12.6. The van der Waals surface area contributed by atoms with Crippen LogP contribution >= 0.6 is 0 Å². The van der Waals surface area contributed by atoms with Crippen LogP contribution in [0.15, 0.2) is 24.3 Å². The van der Waals surface area contributed by atoms with E-state index in [2.05, 4.69) is 12.2 Å². The van der Waals surface area contributed by atoms with Gasteiger partial charge in [0.1, 0.15) is 5.82 Å². The molecule has 0 bridgehead atoms. The minimum Gasteiger partial charge on any atom is -0.381 e. The van der Waals surface area contributed by atoms with Crippen LogP contribution in [0.3, 0.4) is 0 Å². The summed E-state index contributed by atoms with van der Waals surface area (Å²) in [7, 11) is 0. The van der Waals surface area contributed by atoms with Crippen LogP contribution in [-0.4, -0.2) is 31.5 Å². The van der Waals surface area contributed by atoms with Crippen molar-refractivity contribution >= 4 is 0 Å².